The Hall–Kier alpha value is -3.49. The number of thiazole rings is 1. The van der Waals surface area contributed by atoms with Gasteiger partial charge in [0.2, 0.25) is 0 Å². The number of likely N-dealkylation sites (N-methyl/N-ethyl adjacent to an activating group) is 1. The van der Waals surface area contributed by atoms with Crippen molar-refractivity contribution < 1.29 is 27.1 Å². The van der Waals surface area contributed by atoms with Crippen molar-refractivity contribution in [2.75, 3.05) is 50.5 Å². The Morgan fingerprint density at radius 2 is 2.02 bits per heavy atom. The van der Waals surface area contributed by atoms with Gasteiger partial charge in [0.25, 0.3) is 5.91 Å². The van der Waals surface area contributed by atoms with Gasteiger partial charge in [0, 0.05) is 35.6 Å². The fourth-order valence-corrected chi connectivity index (χ4v) is 6.33. The van der Waals surface area contributed by atoms with Gasteiger partial charge < -0.3 is 25.6 Å². The summed E-state index contributed by atoms with van der Waals surface area (Å²) < 4.78 is 66.2. The van der Waals surface area contributed by atoms with Gasteiger partial charge in [-0.05, 0) is 44.6 Å². The monoisotopic (exact) mass is 609 g/mol. The standard InChI is InChI=1S/C26H24ClF4N7O2S/c1-37-7-2-3-12(37)10-40-25-35-19-14(22(36-25)38-8-6-33-23(39)26(30,31)11-38)9-15(27)17(18(19)29)13-4-5-16(28)21-20(13)34-24(32)41-21/h4-5,9,12H,2-3,6-8,10-11H2,1H3,(H2,32,34)(H,33,39)/t12-/m0/s1. The number of halogens is 5. The molecule has 6 rings (SSSR count). The number of ether oxygens (including phenoxy) is 1. The number of hydrogen-bond donors (Lipinski definition) is 2. The average molecular weight is 610 g/mol. The minimum absolute atomic E-state index is 0.0318. The molecule has 0 spiro atoms. The first-order chi connectivity index (χ1) is 19.5. The first-order valence-corrected chi connectivity index (χ1v) is 14.0. The van der Waals surface area contributed by atoms with Crippen LogP contribution < -0.4 is 20.7 Å². The number of hydrogen-bond acceptors (Lipinski definition) is 9. The van der Waals surface area contributed by atoms with Crippen LogP contribution in [0.4, 0.5) is 28.5 Å². The second-order valence-electron chi connectivity index (χ2n) is 10.1. The average Bonchev–Trinajstić information content (AvgIpc) is 3.49. The van der Waals surface area contributed by atoms with E-state index in [1.807, 2.05) is 7.05 Å². The molecule has 4 heterocycles. The van der Waals surface area contributed by atoms with Crippen molar-refractivity contribution >= 4 is 60.9 Å². The van der Waals surface area contributed by atoms with Crippen LogP contribution in [0.15, 0.2) is 18.2 Å². The Morgan fingerprint density at radius 1 is 1.22 bits per heavy atom. The molecule has 9 nitrogen and oxygen atoms in total. The smallest absolute Gasteiger partial charge is 0.341 e. The molecule has 1 amide bonds. The molecule has 216 valence electrons. The molecule has 0 aliphatic carbocycles. The van der Waals surface area contributed by atoms with Crippen LogP contribution in [-0.2, 0) is 4.79 Å². The molecule has 0 bridgehead atoms. The fourth-order valence-electron chi connectivity index (χ4n) is 5.27. The summed E-state index contributed by atoms with van der Waals surface area (Å²) in [6.07, 6.45) is 1.87. The van der Waals surface area contributed by atoms with Crippen molar-refractivity contribution in [1.82, 2.24) is 25.2 Å². The number of carbonyl (C=O) groups excluding carboxylic acids is 1. The van der Waals surface area contributed by atoms with Crippen LogP contribution in [0, 0.1) is 11.6 Å². The Morgan fingerprint density at radius 3 is 2.78 bits per heavy atom. The summed E-state index contributed by atoms with van der Waals surface area (Å²) >= 11 is 7.51. The van der Waals surface area contributed by atoms with Crippen molar-refractivity contribution in [3.05, 3.63) is 34.9 Å². The highest BCUT2D eigenvalue weighted by atomic mass is 35.5. The van der Waals surface area contributed by atoms with Crippen LogP contribution in [0.5, 0.6) is 6.01 Å². The Labute approximate surface area is 240 Å². The van der Waals surface area contributed by atoms with Gasteiger partial charge in [-0.3, -0.25) is 4.79 Å². The lowest BCUT2D eigenvalue weighted by molar-refractivity contribution is -0.143. The van der Waals surface area contributed by atoms with Gasteiger partial charge in [-0.2, -0.15) is 18.7 Å². The first kappa shape index (κ1) is 27.7. The second-order valence-corrected chi connectivity index (χ2v) is 11.5. The molecule has 2 aromatic heterocycles. The number of benzene rings is 2. The summed E-state index contributed by atoms with van der Waals surface area (Å²) in [5.74, 6) is -6.66. The summed E-state index contributed by atoms with van der Waals surface area (Å²) in [6.45, 7) is -0.0126. The molecule has 1 atom stereocenters. The number of aromatic nitrogens is 3. The van der Waals surface area contributed by atoms with E-state index >= 15 is 4.39 Å². The molecule has 2 aromatic carbocycles. The number of carbonyl (C=O) groups is 1. The van der Waals surface area contributed by atoms with Gasteiger partial charge >= 0.3 is 11.9 Å². The third kappa shape index (κ3) is 4.97. The molecule has 0 saturated carbocycles. The van der Waals surface area contributed by atoms with E-state index in [2.05, 4.69) is 25.2 Å². The Kier molecular flexibility index (Phi) is 7.02. The lowest BCUT2D eigenvalue weighted by Crippen LogP contribution is -2.43. The quantitative estimate of drug-likeness (QED) is 0.319. The maximum absolute atomic E-state index is 16.5. The maximum Gasteiger partial charge on any atom is 0.341 e. The third-order valence-corrected chi connectivity index (χ3v) is 8.58. The van der Waals surface area contributed by atoms with Crippen LogP contribution in [0.25, 0.3) is 32.2 Å². The molecule has 2 fully saturated rings. The number of anilines is 2. The minimum Gasteiger partial charge on any atom is -0.462 e. The fraction of sp³-hybridized carbons (Fsp3) is 0.385. The van der Waals surface area contributed by atoms with Gasteiger partial charge in [-0.25, -0.2) is 13.8 Å². The highest BCUT2D eigenvalue weighted by molar-refractivity contribution is 7.22. The number of nitrogens with zero attached hydrogens (tertiary/aromatic N) is 5. The van der Waals surface area contributed by atoms with E-state index in [1.54, 1.807) is 0 Å². The van der Waals surface area contributed by atoms with Crippen molar-refractivity contribution in [3.63, 3.8) is 0 Å². The number of nitrogens with two attached hydrogens (primary N) is 1. The van der Waals surface area contributed by atoms with Crippen molar-refractivity contribution in [2.24, 2.45) is 0 Å². The largest absolute Gasteiger partial charge is 0.462 e. The lowest BCUT2D eigenvalue weighted by atomic mass is 10.0. The van der Waals surface area contributed by atoms with E-state index in [4.69, 9.17) is 22.1 Å². The molecule has 2 aliphatic rings. The molecule has 2 aliphatic heterocycles. The van der Waals surface area contributed by atoms with Crippen molar-refractivity contribution in [2.45, 2.75) is 24.8 Å². The lowest BCUT2D eigenvalue weighted by Gasteiger charge is -2.26. The predicted molar refractivity (Wildman–Crippen MR) is 149 cm³/mol. The maximum atomic E-state index is 16.5. The van der Waals surface area contributed by atoms with Crippen LogP contribution in [0.2, 0.25) is 5.02 Å². The molecule has 4 aromatic rings. The van der Waals surface area contributed by atoms with Gasteiger partial charge in [0.1, 0.15) is 23.8 Å². The Balaban J connectivity index is 1.53. The number of amides is 1. The number of fused-ring (bicyclic) bond motifs is 2. The molecular weight excluding hydrogens is 586 g/mol. The van der Waals surface area contributed by atoms with Gasteiger partial charge in [0.15, 0.2) is 10.9 Å². The number of likely N-dealkylation sites (tertiary alicyclic amines) is 1. The van der Waals surface area contributed by atoms with E-state index in [0.717, 1.165) is 36.8 Å². The summed E-state index contributed by atoms with van der Waals surface area (Å²) in [7, 11) is 1.96. The molecule has 41 heavy (non-hydrogen) atoms. The highest BCUT2D eigenvalue weighted by Gasteiger charge is 2.43. The zero-order valence-corrected chi connectivity index (χ0v) is 23.3. The van der Waals surface area contributed by atoms with E-state index in [-0.39, 0.29) is 80.0 Å². The van der Waals surface area contributed by atoms with Crippen molar-refractivity contribution in [3.8, 4) is 17.1 Å². The molecular formula is C26H24ClF4N7O2S. The van der Waals surface area contributed by atoms with Crippen LogP contribution >= 0.6 is 22.9 Å². The first-order valence-electron chi connectivity index (χ1n) is 12.8. The normalized spacial score (nSPS) is 19.6. The number of rotatable bonds is 5. The van der Waals surface area contributed by atoms with Crippen LogP contribution in [-0.4, -0.2) is 77.6 Å². The number of alkyl halides is 2. The summed E-state index contributed by atoms with van der Waals surface area (Å²) in [5, 5.41) is 2.22. The third-order valence-electron chi connectivity index (χ3n) is 7.39. The van der Waals surface area contributed by atoms with Crippen molar-refractivity contribution in [1.29, 1.82) is 0 Å². The SMILES string of the molecule is CN1CCC[C@H]1COc1nc(N2CCNC(=O)C(F)(F)C2)c2cc(Cl)c(-c3ccc(F)c4sc(N)nc34)c(F)c2n1. The summed E-state index contributed by atoms with van der Waals surface area (Å²) in [5.41, 5.74) is 5.77. The molecule has 15 heteroatoms. The zero-order chi connectivity index (χ0) is 29.1. The number of nitrogen functional groups attached to an aromatic ring is 1. The summed E-state index contributed by atoms with van der Waals surface area (Å²) in [6, 6.07) is 3.73. The predicted octanol–water partition coefficient (Wildman–Crippen LogP) is 4.46. The van der Waals surface area contributed by atoms with E-state index < -0.39 is 30.0 Å². The number of nitrogens with one attached hydrogen (secondary N) is 1. The summed E-state index contributed by atoms with van der Waals surface area (Å²) in [4.78, 5) is 28.1. The van der Waals surface area contributed by atoms with Gasteiger partial charge in [-0.15, -0.1) is 0 Å². The van der Waals surface area contributed by atoms with Crippen LogP contribution in [0.1, 0.15) is 12.8 Å². The van der Waals surface area contributed by atoms with E-state index in [1.165, 1.54) is 17.0 Å². The second kappa shape index (κ2) is 10.4. The van der Waals surface area contributed by atoms with E-state index in [9.17, 15) is 18.0 Å². The Bertz CT molecular complexity index is 1690. The van der Waals surface area contributed by atoms with E-state index in [0.29, 0.717) is 0 Å². The minimum atomic E-state index is -3.73. The molecule has 0 unspecified atom stereocenters. The van der Waals surface area contributed by atoms with Gasteiger partial charge in [0.05, 0.1) is 21.8 Å². The topological polar surface area (TPSA) is 110 Å². The van der Waals surface area contributed by atoms with Crippen LogP contribution in [0.3, 0.4) is 0 Å². The highest BCUT2D eigenvalue weighted by Crippen LogP contribution is 2.43. The molecule has 0 radical (unpaired) electrons. The van der Waals surface area contributed by atoms with Gasteiger partial charge in [-0.1, -0.05) is 22.9 Å². The molecule has 3 N–H and O–H groups in total. The molecule has 2 saturated heterocycles. The zero-order valence-electron chi connectivity index (χ0n) is 21.7.